The third-order valence-electron chi connectivity index (χ3n) is 4.45. The van der Waals surface area contributed by atoms with Gasteiger partial charge in [-0.05, 0) is 24.1 Å². The van der Waals surface area contributed by atoms with Crippen molar-refractivity contribution in [2.45, 2.75) is 32.7 Å². The monoisotopic (exact) mass is 375 g/mol. The largest absolute Gasteiger partial charge is 0.459 e. The van der Waals surface area contributed by atoms with Crippen molar-refractivity contribution in [3.63, 3.8) is 0 Å². The van der Waals surface area contributed by atoms with Crippen LogP contribution in [0.3, 0.4) is 0 Å². The number of furan rings is 1. The molecule has 0 aliphatic heterocycles. The van der Waals surface area contributed by atoms with Gasteiger partial charge in [-0.2, -0.15) is 0 Å². The lowest BCUT2D eigenvalue weighted by Crippen LogP contribution is -2.15. The third-order valence-corrected chi connectivity index (χ3v) is 4.45. The fraction of sp³-hybridized carbons (Fsp3) is 0.238. The normalized spacial score (nSPS) is 11.0. The molecule has 7 nitrogen and oxygen atoms in total. The average molecular weight is 375 g/mol. The van der Waals surface area contributed by atoms with Gasteiger partial charge in [0.1, 0.15) is 11.3 Å². The van der Waals surface area contributed by atoms with Gasteiger partial charge >= 0.3 is 0 Å². The van der Waals surface area contributed by atoms with Gasteiger partial charge in [-0.1, -0.05) is 43.7 Å². The lowest BCUT2D eigenvalue weighted by atomic mass is 10.2. The first-order valence-corrected chi connectivity index (χ1v) is 9.35. The number of anilines is 1. The Kier molecular flexibility index (Phi) is 5.14. The van der Waals surface area contributed by atoms with E-state index in [1.165, 1.54) is 6.26 Å². The number of benzene rings is 1. The van der Waals surface area contributed by atoms with Crippen LogP contribution < -0.4 is 5.32 Å². The number of aromatic nitrogens is 4. The van der Waals surface area contributed by atoms with E-state index >= 15 is 0 Å². The summed E-state index contributed by atoms with van der Waals surface area (Å²) < 4.78 is 7.15. The van der Waals surface area contributed by atoms with Crippen molar-refractivity contribution in [1.82, 2.24) is 19.5 Å². The minimum absolute atomic E-state index is 0.232. The number of rotatable bonds is 7. The fourth-order valence-electron chi connectivity index (χ4n) is 3.04. The minimum Gasteiger partial charge on any atom is -0.459 e. The van der Waals surface area contributed by atoms with E-state index in [4.69, 9.17) is 4.42 Å². The number of nitrogens with zero attached hydrogens (tertiary/aromatic N) is 4. The molecular weight excluding hydrogens is 354 g/mol. The topological polar surface area (TPSA) is 85.8 Å². The second kappa shape index (κ2) is 8.04. The number of aryl methyl sites for hydroxylation is 1. The van der Waals surface area contributed by atoms with Crippen LogP contribution in [0.25, 0.3) is 11.2 Å². The van der Waals surface area contributed by atoms with E-state index in [2.05, 4.69) is 27.2 Å². The Bertz CT molecular complexity index is 1070. The predicted octanol–water partition coefficient (Wildman–Crippen LogP) is 4.06. The SMILES string of the molecule is CCCCc1nc(NC(=O)c2ccco2)c2c(ncn2Cc2ccccc2)n1. The highest BCUT2D eigenvalue weighted by Crippen LogP contribution is 2.22. The number of hydrogen-bond acceptors (Lipinski definition) is 5. The summed E-state index contributed by atoms with van der Waals surface area (Å²) in [6.07, 6.45) is 5.96. The molecule has 0 unspecified atom stereocenters. The van der Waals surface area contributed by atoms with E-state index in [0.717, 1.165) is 24.8 Å². The average Bonchev–Trinajstić information content (AvgIpc) is 3.38. The maximum Gasteiger partial charge on any atom is 0.292 e. The van der Waals surface area contributed by atoms with E-state index in [-0.39, 0.29) is 11.7 Å². The Morgan fingerprint density at radius 1 is 1.14 bits per heavy atom. The number of amides is 1. The molecule has 1 amide bonds. The molecule has 0 bridgehead atoms. The van der Waals surface area contributed by atoms with E-state index in [9.17, 15) is 4.79 Å². The van der Waals surface area contributed by atoms with E-state index < -0.39 is 0 Å². The highest BCUT2D eigenvalue weighted by atomic mass is 16.3. The number of carbonyl (C=O) groups is 1. The summed E-state index contributed by atoms with van der Waals surface area (Å²) in [4.78, 5) is 26.2. The number of fused-ring (bicyclic) bond motifs is 1. The zero-order valence-corrected chi connectivity index (χ0v) is 15.6. The van der Waals surface area contributed by atoms with Crippen LogP contribution in [0.4, 0.5) is 5.82 Å². The zero-order valence-electron chi connectivity index (χ0n) is 15.6. The van der Waals surface area contributed by atoms with Crippen molar-refractivity contribution in [3.05, 3.63) is 72.2 Å². The highest BCUT2D eigenvalue weighted by Gasteiger charge is 2.18. The molecule has 0 aliphatic carbocycles. The molecule has 28 heavy (non-hydrogen) atoms. The van der Waals surface area contributed by atoms with Gasteiger partial charge in [-0.15, -0.1) is 0 Å². The summed E-state index contributed by atoms with van der Waals surface area (Å²) in [6.45, 7) is 2.73. The lowest BCUT2D eigenvalue weighted by molar-refractivity contribution is 0.0996. The smallest absolute Gasteiger partial charge is 0.292 e. The van der Waals surface area contributed by atoms with Crippen LogP contribution in [0.5, 0.6) is 0 Å². The molecule has 0 aliphatic rings. The quantitative estimate of drug-likeness (QED) is 0.526. The summed E-state index contributed by atoms with van der Waals surface area (Å²) in [5.74, 6) is 1.01. The van der Waals surface area contributed by atoms with Crippen molar-refractivity contribution in [3.8, 4) is 0 Å². The molecule has 142 valence electrons. The van der Waals surface area contributed by atoms with Gasteiger partial charge < -0.3 is 14.3 Å². The van der Waals surface area contributed by atoms with Gasteiger partial charge in [0.2, 0.25) is 0 Å². The highest BCUT2D eigenvalue weighted by molar-refractivity contribution is 6.05. The van der Waals surface area contributed by atoms with Crippen molar-refractivity contribution in [2.24, 2.45) is 0 Å². The zero-order chi connectivity index (χ0) is 19.3. The number of hydrogen-bond donors (Lipinski definition) is 1. The van der Waals surface area contributed by atoms with Gasteiger partial charge in [-0.3, -0.25) is 4.79 Å². The molecule has 0 saturated carbocycles. The second-order valence-electron chi connectivity index (χ2n) is 6.55. The number of unbranched alkanes of at least 4 members (excludes halogenated alkanes) is 1. The fourth-order valence-corrected chi connectivity index (χ4v) is 3.04. The Morgan fingerprint density at radius 2 is 2.00 bits per heavy atom. The lowest BCUT2D eigenvalue weighted by Gasteiger charge is -2.10. The van der Waals surface area contributed by atoms with E-state index in [1.54, 1.807) is 18.5 Å². The van der Waals surface area contributed by atoms with Crippen LogP contribution in [-0.2, 0) is 13.0 Å². The standard InChI is InChI=1S/C21H21N5O2/c1-2-3-11-17-23-19-18(20(24-17)25-21(27)16-10-7-12-28-16)26(14-22-19)13-15-8-5-4-6-9-15/h4-10,12,14H,2-3,11,13H2,1H3,(H,23,24,25,27). The Morgan fingerprint density at radius 3 is 2.75 bits per heavy atom. The van der Waals surface area contributed by atoms with Crippen molar-refractivity contribution >= 4 is 22.9 Å². The first-order valence-electron chi connectivity index (χ1n) is 9.35. The summed E-state index contributed by atoms with van der Waals surface area (Å²) in [7, 11) is 0. The maximum atomic E-state index is 12.5. The number of nitrogens with one attached hydrogen (secondary N) is 1. The Labute approximate surface area is 162 Å². The van der Waals surface area contributed by atoms with Crippen LogP contribution in [0.1, 0.15) is 41.7 Å². The molecule has 4 aromatic rings. The molecule has 0 radical (unpaired) electrons. The Hall–Kier alpha value is -3.48. The number of imidazole rings is 1. The molecule has 4 rings (SSSR count). The van der Waals surface area contributed by atoms with Crippen LogP contribution in [0, 0.1) is 0 Å². The van der Waals surface area contributed by atoms with Crippen LogP contribution in [-0.4, -0.2) is 25.4 Å². The first kappa shape index (κ1) is 17.9. The first-order chi connectivity index (χ1) is 13.7. The second-order valence-corrected chi connectivity index (χ2v) is 6.55. The van der Waals surface area contributed by atoms with Gasteiger partial charge in [0.25, 0.3) is 5.91 Å². The molecule has 0 fully saturated rings. The van der Waals surface area contributed by atoms with Crippen LogP contribution in [0.2, 0.25) is 0 Å². The van der Waals surface area contributed by atoms with Crippen LogP contribution >= 0.6 is 0 Å². The molecule has 0 atom stereocenters. The Balaban J connectivity index is 1.74. The van der Waals surface area contributed by atoms with Gasteiger partial charge in [0, 0.05) is 13.0 Å². The van der Waals surface area contributed by atoms with Gasteiger partial charge in [0.05, 0.1) is 12.6 Å². The van der Waals surface area contributed by atoms with Gasteiger partial charge in [0.15, 0.2) is 17.2 Å². The minimum atomic E-state index is -0.348. The van der Waals surface area contributed by atoms with E-state index in [0.29, 0.717) is 29.4 Å². The molecule has 7 heteroatoms. The maximum absolute atomic E-state index is 12.5. The molecule has 1 aromatic carbocycles. The molecule has 3 heterocycles. The predicted molar refractivity (Wildman–Crippen MR) is 106 cm³/mol. The van der Waals surface area contributed by atoms with Crippen molar-refractivity contribution in [1.29, 1.82) is 0 Å². The number of carbonyl (C=O) groups excluding carboxylic acids is 1. The molecule has 3 aromatic heterocycles. The van der Waals surface area contributed by atoms with Crippen LogP contribution in [0.15, 0.2) is 59.5 Å². The summed E-state index contributed by atoms with van der Waals surface area (Å²) in [5.41, 5.74) is 2.40. The third kappa shape index (κ3) is 3.78. The summed E-state index contributed by atoms with van der Waals surface area (Å²) in [6, 6.07) is 13.4. The molecule has 1 N–H and O–H groups in total. The van der Waals surface area contributed by atoms with E-state index in [1.807, 2.05) is 34.9 Å². The van der Waals surface area contributed by atoms with Crippen molar-refractivity contribution < 1.29 is 9.21 Å². The molecular formula is C21H21N5O2. The summed E-state index contributed by atoms with van der Waals surface area (Å²) in [5, 5.41) is 2.87. The summed E-state index contributed by atoms with van der Waals surface area (Å²) >= 11 is 0. The molecule has 0 spiro atoms. The van der Waals surface area contributed by atoms with Gasteiger partial charge in [-0.25, -0.2) is 15.0 Å². The van der Waals surface area contributed by atoms with Crippen molar-refractivity contribution in [2.75, 3.05) is 5.32 Å². The molecule has 0 saturated heterocycles.